The summed E-state index contributed by atoms with van der Waals surface area (Å²) in [7, 11) is 0. The first-order valence-electron chi connectivity index (χ1n) is 8.62. The monoisotopic (exact) mass is 281 g/mol. The second kappa shape index (κ2) is 8.53. The third-order valence-electron chi connectivity index (χ3n) is 4.26. The van der Waals surface area contributed by atoms with Gasteiger partial charge in [0.05, 0.1) is 6.04 Å². The Hall–Kier alpha value is -0.730. The van der Waals surface area contributed by atoms with Gasteiger partial charge < -0.3 is 9.80 Å². The molecule has 118 valence electrons. The van der Waals surface area contributed by atoms with Crippen LogP contribution in [-0.2, 0) is 0 Å². The third kappa shape index (κ3) is 4.68. The molecule has 0 atom stereocenters. The summed E-state index contributed by atoms with van der Waals surface area (Å²) in [5, 5.41) is 0. The topological polar surface area (TPSA) is 18.8 Å². The maximum atomic E-state index is 5.19. The van der Waals surface area contributed by atoms with Crippen molar-refractivity contribution < 1.29 is 0 Å². The van der Waals surface area contributed by atoms with Crippen molar-refractivity contribution in [3.8, 4) is 0 Å². The number of hydrogen-bond acceptors (Lipinski definition) is 1. The Morgan fingerprint density at radius 3 is 1.85 bits per heavy atom. The molecule has 1 aliphatic carbocycles. The summed E-state index contributed by atoms with van der Waals surface area (Å²) in [5.41, 5.74) is 0. The van der Waals surface area contributed by atoms with E-state index in [0.717, 1.165) is 13.1 Å². The highest BCUT2D eigenvalue weighted by Crippen LogP contribution is 2.22. The van der Waals surface area contributed by atoms with E-state index in [4.69, 9.17) is 4.99 Å². The van der Waals surface area contributed by atoms with Crippen LogP contribution >= 0.6 is 0 Å². The van der Waals surface area contributed by atoms with Gasteiger partial charge in [-0.2, -0.15) is 0 Å². The number of nitrogens with zero attached hydrogens (tertiary/aromatic N) is 3. The molecule has 0 N–H and O–H groups in total. The number of aliphatic imine (C=N–C) groups is 1. The van der Waals surface area contributed by atoms with Crippen molar-refractivity contribution in [3.63, 3.8) is 0 Å². The van der Waals surface area contributed by atoms with Gasteiger partial charge in [-0.15, -0.1) is 0 Å². The smallest absolute Gasteiger partial charge is 0.197 e. The second-order valence-electron chi connectivity index (χ2n) is 6.49. The van der Waals surface area contributed by atoms with Crippen LogP contribution in [-0.4, -0.2) is 47.0 Å². The summed E-state index contributed by atoms with van der Waals surface area (Å²) in [6, 6.07) is 1.54. The second-order valence-corrected chi connectivity index (χ2v) is 6.49. The van der Waals surface area contributed by atoms with Gasteiger partial charge in [-0.1, -0.05) is 19.3 Å². The average molecular weight is 281 g/mol. The maximum absolute atomic E-state index is 5.19. The summed E-state index contributed by atoms with van der Waals surface area (Å²) < 4.78 is 0. The minimum atomic E-state index is 0.498. The first-order chi connectivity index (χ1) is 9.51. The molecule has 20 heavy (non-hydrogen) atoms. The van der Waals surface area contributed by atoms with Crippen LogP contribution in [0.15, 0.2) is 4.99 Å². The van der Waals surface area contributed by atoms with E-state index in [-0.39, 0.29) is 0 Å². The molecule has 1 fully saturated rings. The van der Waals surface area contributed by atoms with Gasteiger partial charge in [0.2, 0.25) is 0 Å². The Morgan fingerprint density at radius 1 is 0.950 bits per heavy atom. The molecule has 1 rings (SSSR count). The van der Waals surface area contributed by atoms with Gasteiger partial charge >= 0.3 is 0 Å². The highest BCUT2D eigenvalue weighted by atomic mass is 15.4. The fourth-order valence-corrected chi connectivity index (χ4v) is 3.25. The van der Waals surface area contributed by atoms with E-state index >= 15 is 0 Å². The van der Waals surface area contributed by atoms with Crippen molar-refractivity contribution in [1.29, 1.82) is 0 Å². The zero-order valence-electron chi connectivity index (χ0n) is 14.5. The van der Waals surface area contributed by atoms with Gasteiger partial charge in [0.1, 0.15) is 0 Å². The lowest BCUT2D eigenvalue weighted by Gasteiger charge is -2.40. The fraction of sp³-hybridized carbons (Fsp3) is 0.941. The van der Waals surface area contributed by atoms with E-state index in [0.29, 0.717) is 18.1 Å². The van der Waals surface area contributed by atoms with Crippen LogP contribution in [0.1, 0.15) is 73.6 Å². The molecule has 1 saturated carbocycles. The van der Waals surface area contributed by atoms with Crippen molar-refractivity contribution in [3.05, 3.63) is 0 Å². The summed E-state index contributed by atoms with van der Waals surface area (Å²) in [6.45, 7) is 15.7. The summed E-state index contributed by atoms with van der Waals surface area (Å²) in [6.07, 6.45) is 6.64. The molecular formula is C17H35N3. The van der Waals surface area contributed by atoms with Crippen LogP contribution in [0.25, 0.3) is 0 Å². The van der Waals surface area contributed by atoms with Crippen molar-refractivity contribution in [2.75, 3.05) is 13.1 Å². The van der Waals surface area contributed by atoms with E-state index < -0.39 is 0 Å². The van der Waals surface area contributed by atoms with Crippen LogP contribution in [0.4, 0.5) is 0 Å². The van der Waals surface area contributed by atoms with E-state index in [2.05, 4.69) is 51.3 Å². The molecule has 0 spiro atoms. The minimum absolute atomic E-state index is 0.498. The van der Waals surface area contributed by atoms with Crippen LogP contribution < -0.4 is 0 Å². The van der Waals surface area contributed by atoms with Crippen molar-refractivity contribution in [2.24, 2.45) is 4.99 Å². The maximum Gasteiger partial charge on any atom is 0.197 e. The van der Waals surface area contributed by atoms with Crippen molar-refractivity contribution >= 4 is 5.96 Å². The van der Waals surface area contributed by atoms with E-state index in [1.54, 1.807) is 0 Å². The SMILES string of the molecule is CCN(CC)C(=NC1CCCCC1)N(C(C)C)C(C)C. The Morgan fingerprint density at radius 2 is 1.45 bits per heavy atom. The average Bonchev–Trinajstić information content (AvgIpc) is 2.40. The molecule has 0 amide bonds. The molecule has 3 nitrogen and oxygen atoms in total. The molecular weight excluding hydrogens is 246 g/mol. The standard InChI is InChI=1S/C17H35N3/c1-7-19(8-2)17(20(14(3)4)15(5)6)18-16-12-10-9-11-13-16/h14-16H,7-13H2,1-6H3. The number of hydrogen-bond donors (Lipinski definition) is 0. The molecule has 0 aliphatic heterocycles. The van der Waals surface area contributed by atoms with Gasteiger partial charge in [0, 0.05) is 25.2 Å². The zero-order valence-corrected chi connectivity index (χ0v) is 14.5. The van der Waals surface area contributed by atoms with Crippen LogP contribution in [0.2, 0.25) is 0 Å². The van der Waals surface area contributed by atoms with Crippen LogP contribution in [0.5, 0.6) is 0 Å². The Labute approximate surface area is 126 Å². The minimum Gasteiger partial charge on any atom is -0.343 e. The largest absolute Gasteiger partial charge is 0.343 e. The van der Waals surface area contributed by atoms with Gasteiger partial charge in [0.25, 0.3) is 0 Å². The number of guanidine groups is 1. The molecule has 0 aromatic heterocycles. The summed E-state index contributed by atoms with van der Waals surface area (Å²) >= 11 is 0. The predicted octanol–water partition coefficient (Wildman–Crippen LogP) is 4.14. The zero-order chi connectivity index (χ0) is 15.1. The van der Waals surface area contributed by atoms with Crippen LogP contribution in [0.3, 0.4) is 0 Å². The van der Waals surface area contributed by atoms with Gasteiger partial charge in [0.15, 0.2) is 5.96 Å². The van der Waals surface area contributed by atoms with Gasteiger partial charge in [-0.25, -0.2) is 4.99 Å². The fourth-order valence-electron chi connectivity index (χ4n) is 3.25. The van der Waals surface area contributed by atoms with E-state index in [9.17, 15) is 0 Å². The highest BCUT2D eigenvalue weighted by Gasteiger charge is 2.24. The first kappa shape index (κ1) is 17.3. The number of rotatable bonds is 5. The predicted molar refractivity (Wildman–Crippen MR) is 89.3 cm³/mol. The van der Waals surface area contributed by atoms with Crippen molar-refractivity contribution in [1.82, 2.24) is 9.80 Å². The first-order valence-corrected chi connectivity index (χ1v) is 8.62. The molecule has 0 aromatic rings. The van der Waals surface area contributed by atoms with E-state index in [1.807, 2.05) is 0 Å². The quantitative estimate of drug-likeness (QED) is 0.557. The molecule has 0 aromatic carbocycles. The molecule has 3 heteroatoms. The molecule has 0 heterocycles. The van der Waals surface area contributed by atoms with Gasteiger partial charge in [-0.3, -0.25) is 0 Å². The normalized spacial score (nSPS) is 17.9. The molecule has 0 radical (unpaired) electrons. The third-order valence-corrected chi connectivity index (χ3v) is 4.26. The summed E-state index contributed by atoms with van der Waals surface area (Å²) in [5.74, 6) is 1.23. The lowest BCUT2D eigenvalue weighted by atomic mass is 9.96. The van der Waals surface area contributed by atoms with Gasteiger partial charge in [-0.05, 0) is 54.4 Å². The van der Waals surface area contributed by atoms with E-state index in [1.165, 1.54) is 38.1 Å². The lowest BCUT2D eigenvalue weighted by Crippen LogP contribution is -2.51. The summed E-state index contributed by atoms with van der Waals surface area (Å²) in [4.78, 5) is 10.1. The molecule has 0 unspecified atom stereocenters. The Bertz CT molecular complexity index is 279. The van der Waals surface area contributed by atoms with Crippen LogP contribution in [0, 0.1) is 0 Å². The Kier molecular flexibility index (Phi) is 7.39. The highest BCUT2D eigenvalue weighted by molar-refractivity contribution is 5.81. The molecule has 1 aliphatic rings. The molecule has 0 bridgehead atoms. The lowest BCUT2D eigenvalue weighted by molar-refractivity contribution is 0.241. The molecule has 0 saturated heterocycles. The van der Waals surface area contributed by atoms with Crippen molar-refractivity contribution in [2.45, 2.75) is 91.8 Å². The Balaban J connectivity index is 3.01.